The van der Waals surface area contributed by atoms with Gasteiger partial charge in [0.05, 0.1) is 24.4 Å². The predicted octanol–water partition coefficient (Wildman–Crippen LogP) is 9.17. The van der Waals surface area contributed by atoms with Crippen molar-refractivity contribution in [3.8, 4) is 17.0 Å². The summed E-state index contributed by atoms with van der Waals surface area (Å²) in [5.74, 6) is 0.297. The molecular weight excluding hydrogens is 675 g/mol. The van der Waals surface area contributed by atoms with Crippen LogP contribution in [0.25, 0.3) is 39.4 Å². The van der Waals surface area contributed by atoms with Gasteiger partial charge in [-0.15, -0.1) is 0 Å². The number of para-hydroxylation sites is 1. The van der Waals surface area contributed by atoms with Gasteiger partial charge in [-0.25, -0.2) is 14.8 Å². The molecule has 4 heterocycles. The first-order valence-electron chi connectivity index (χ1n) is 19.8. The molecule has 54 heavy (non-hydrogen) atoms. The van der Waals surface area contributed by atoms with Crippen LogP contribution in [-0.4, -0.2) is 44.4 Å². The summed E-state index contributed by atoms with van der Waals surface area (Å²) in [5, 5.41) is 2.62. The molecule has 0 bridgehead atoms. The molecule has 0 fully saturated rings. The number of unbranched alkanes of at least 4 members (excludes halogenated alkanes) is 8. The Morgan fingerprint density at radius 3 is 2.26 bits per heavy atom. The lowest BCUT2D eigenvalue weighted by atomic mass is 9.89. The highest BCUT2D eigenvalue weighted by molar-refractivity contribution is 5.98. The molecule has 0 spiro atoms. The van der Waals surface area contributed by atoms with Crippen LogP contribution in [0.15, 0.2) is 65.9 Å². The SMILES string of the molecule is COc1ccc2c(c1)c(-c1cc3nc(C4(C(=O)OC(C)(C)C)C=c5ccccc5=N4)cnc3n1COCCCCCCCCCCCC(C)(C)C)cn2C. The molecule has 9 nitrogen and oxygen atoms in total. The minimum atomic E-state index is -1.46. The molecule has 6 rings (SSSR count). The molecule has 1 atom stereocenters. The Morgan fingerprint density at radius 1 is 0.870 bits per heavy atom. The van der Waals surface area contributed by atoms with Gasteiger partial charge in [-0.05, 0) is 80.7 Å². The van der Waals surface area contributed by atoms with Gasteiger partial charge in [0.25, 0.3) is 0 Å². The van der Waals surface area contributed by atoms with Crippen molar-refractivity contribution in [1.29, 1.82) is 0 Å². The van der Waals surface area contributed by atoms with Crippen LogP contribution >= 0.6 is 0 Å². The quantitative estimate of drug-likeness (QED) is 0.0699. The van der Waals surface area contributed by atoms with Gasteiger partial charge in [0.1, 0.15) is 29.3 Å². The van der Waals surface area contributed by atoms with E-state index in [4.69, 9.17) is 29.2 Å². The van der Waals surface area contributed by atoms with Crippen LogP contribution in [0, 0.1) is 5.41 Å². The lowest BCUT2D eigenvalue weighted by Gasteiger charge is -2.27. The summed E-state index contributed by atoms with van der Waals surface area (Å²) >= 11 is 0. The summed E-state index contributed by atoms with van der Waals surface area (Å²) in [6.45, 7) is 13.6. The molecule has 0 N–H and O–H groups in total. The molecule has 0 saturated carbocycles. The number of rotatable bonds is 17. The second-order valence-corrected chi connectivity index (χ2v) is 17.1. The molecule has 1 aliphatic rings. The number of nitrogens with zero attached hydrogens (tertiary/aromatic N) is 5. The number of ether oxygens (including phenoxy) is 3. The third kappa shape index (κ3) is 9.06. The number of aromatic nitrogens is 4. The fourth-order valence-electron chi connectivity index (χ4n) is 7.37. The van der Waals surface area contributed by atoms with E-state index in [0.29, 0.717) is 41.0 Å². The van der Waals surface area contributed by atoms with Gasteiger partial charge >= 0.3 is 5.97 Å². The topological polar surface area (TPSA) is 92.8 Å². The van der Waals surface area contributed by atoms with Gasteiger partial charge in [-0.3, -0.25) is 9.56 Å². The van der Waals surface area contributed by atoms with E-state index in [1.54, 1.807) is 13.3 Å². The number of hydrogen-bond acceptors (Lipinski definition) is 7. The zero-order valence-electron chi connectivity index (χ0n) is 33.7. The Labute approximate surface area is 320 Å². The zero-order chi connectivity index (χ0) is 38.5. The van der Waals surface area contributed by atoms with Gasteiger partial charge < -0.3 is 18.8 Å². The Bertz CT molecular complexity index is 2170. The predicted molar refractivity (Wildman–Crippen MR) is 217 cm³/mol. The smallest absolute Gasteiger partial charge is 0.345 e. The monoisotopic (exact) mass is 733 g/mol. The summed E-state index contributed by atoms with van der Waals surface area (Å²) in [7, 11) is 3.73. The van der Waals surface area contributed by atoms with Crippen molar-refractivity contribution in [2.45, 2.75) is 124 Å². The summed E-state index contributed by atoms with van der Waals surface area (Å²) in [4.78, 5) is 29.0. The minimum absolute atomic E-state index is 0.320. The molecule has 5 aromatic rings. The number of fused-ring (bicyclic) bond motifs is 3. The lowest BCUT2D eigenvalue weighted by molar-refractivity contribution is -0.159. The molecule has 2 aromatic carbocycles. The van der Waals surface area contributed by atoms with E-state index >= 15 is 0 Å². The molecule has 3 aromatic heterocycles. The van der Waals surface area contributed by atoms with Crippen LogP contribution in [0.1, 0.15) is 111 Å². The first kappa shape index (κ1) is 39.2. The number of aryl methyl sites for hydroxylation is 1. The maximum Gasteiger partial charge on any atom is 0.345 e. The van der Waals surface area contributed by atoms with E-state index in [-0.39, 0.29) is 0 Å². The fraction of sp³-hybridized carbons (Fsp3) is 0.511. The second kappa shape index (κ2) is 16.5. The summed E-state index contributed by atoms with van der Waals surface area (Å²) in [6.07, 6.45) is 18.3. The average molecular weight is 734 g/mol. The van der Waals surface area contributed by atoms with E-state index in [0.717, 1.165) is 46.0 Å². The van der Waals surface area contributed by atoms with Crippen LogP contribution in [0.2, 0.25) is 0 Å². The van der Waals surface area contributed by atoms with Gasteiger partial charge in [0, 0.05) is 36.3 Å². The summed E-state index contributed by atoms with van der Waals surface area (Å²) in [5.41, 5.74) is 3.02. The number of benzene rings is 2. The van der Waals surface area contributed by atoms with Crippen molar-refractivity contribution in [3.05, 3.63) is 77.2 Å². The molecule has 288 valence electrons. The normalized spacial score (nSPS) is 15.7. The summed E-state index contributed by atoms with van der Waals surface area (Å²) < 4.78 is 22.1. The Morgan fingerprint density at radius 2 is 1.57 bits per heavy atom. The van der Waals surface area contributed by atoms with Crippen molar-refractivity contribution in [1.82, 2.24) is 19.1 Å². The van der Waals surface area contributed by atoms with Gasteiger partial charge in [0.15, 0.2) is 5.65 Å². The van der Waals surface area contributed by atoms with E-state index in [1.807, 2.05) is 70.3 Å². The van der Waals surface area contributed by atoms with Gasteiger partial charge in [-0.1, -0.05) is 90.3 Å². The average Bonchev–Trinajstić information content (AvgIpc) is 3.80. The second-order valence-electron chi connectivity index (χ2n) is 17.1. The van der Waals surface area contributed by atoms with Crippen molar-refractivity contribution in [2.24, 2.45) is 17.5 Å². The standard InChI is InChI=1S/C45H59N5O4/c1-43(2,3)24-18-14-12-10-9-11-13-15-19-25-53-31-50-39(35-30-49(7)38-23-22-33(52-8)26-34(35)38)27-37-41(50)46-29-40(47-37)45(42(51)54-44(4,5)6)28-32-20-16-17-21-36(32)48-45/h16-17,20-23,26-30H,9-15,18-19,24-25,31H2,1-8H3. The Kier molecular flexibility index (Phi) is 12.0. The lowest BCUT2D eigenvalue weighted by Crippen LogP contribution is -2.38. The highest BCUT2D eigenvalue weighted by Gasteiger charge is 2.45. The molecule has 0 aliphatic carbocycles. The zero-order valence-corrected chi connectivity index (χ0v) is 33.7. The molecule has 0 saturated heterocycles. The van der Waals surface area contributed by atoms with E-state index in [1.165, 1.54) is 51.4 Å². The fourth-order valence-corrected chi connectivity index (χ4v) is 7.37. The first-order valence-corrected chi connectivity index (χ1v) is 19.8. The Balaban J connectivity index is 1.23. The largest absolute Gasteiger partial charge is 0.497 e. The molecule has 9 heteroatoms. The minimum Gasteiger partial charge on any atom is -0.497 e. The van der Waals surface area contributed by atoms with Crippen LogP contribution in [-0.2, 0) is 33.6 Å². The van der Waals surface area contributed by atoms with Crippen molar-refractivity contribution < 1.29 is 19.0 Å². The summed E-state index contributed by atoms with van der Waals surface area (Å²) in [6, 6.07) is 15.9. The highest BCUT2D eigenvalue weighted by atomic mass is 16.6. The number of esters is 1. The number of carbonyl (C=O) groups excluding carboxylic acids is 1. The maximum atomic E-state index is 14.0. The number of hydrogen-bond donors (Lipinski definition) is 0. The van der Waals surface area contributed by atoms with E-state index in [9.17, 15) is 4.79 Å². The van der Waals surface area contributed by atoms with Crippen molar-refractivity contribution in [3.63, 3.8) is 0 Å². The highest BCUT2D eigenvalue weighted by Crippen LogP contribution is 2.37. The van der Waals surface area contributed by atoms with E-state index in [2.05, 4.69) is 48.2 Å². The third-order valence-electron chi connectivity index (χ3n) is 10.2. The van der Waals surface area contributed by atoms with Crippen molar-refractivity contribution in [2.75, 3.05) is 13.7 Å². The van der Waals surface area contributed by atoms with Gasteiger partial charge in [-0.2, -0.15) is 0 Å². The van der Waals surface area contributed by atoms with Crippen LogP contribution in [0.4, 0.5) is 0 Å². The number of methoxy groups -OCH3 is 1. The third-order valence-corrected chi connectivity index (χ3v) is 10.2. The van der Waals surface area contributed by atoms with Gasteiger partial charge in [0.2, 0.25) is 5.54 Å². The first-order chi connectivity index (χ1) is 25.8. The molecule has 0 amide bonds. The maximum absolute atomic E-state index is 14.0. The van der Waals surface area contributed by atoms with Crippen LogP contribution in [0.3, 0.4) is 0 Å². The molecular formula is C45H59N5O4. The van der Waals surface area contributed by atoms with E-state index < -0.39 is 17.1 Å². The molecule has 1 unspecified atom stereocenters. The van der Waals surface area contributed by atoms with Crippen molar-refractivity contribution >= 4 is 34.1 Å². The van der Waals surface area contributed by atoms with Crippen LogP contribution < -0.4 is 15.3 Å². The molecule has 1 aliphatic heterocycles. The Hall–Kier alpha value is -4.50. The molecule has 0 radical (unpaired) electrons. The van der Waals surface area contributed by atoms with Crippen LogP contribution in [0.5, 0.6) is 5.75 Å². The number of carbonyl (C=O) groups is 1.